The van der Waals surface area contributed by atoms with Crippen molar-refractivity contribution in [3.05, 3.63) is 46.4 Å². The second-order valence-electron chi connectivity index (χ2n) is 3.20. The minimum atomic E-state index is 0.463. The summed E-state index contributed by atoms with van der Waals surface area (Å²) in [4.78, 5) is 4.11. The van der Waals surface area contributed by atoms with E-state index in [4.69, 9.17) is 28.9 Å². The van der Waals surface area contributed by atoms with Gasteiger partial charge in [-0.25, -0.2) is 4.98 Å². The maximum Gasteiger partial charge on any atom is 0.132 e. The Kier molecular flexibility index (Phi) is 3.17. The van der Waals surface area contributed by atoms with Crippen LogP contribution < -0.4 is 11.1 Å². The molecule has 0 aliphatic rings. The lowest BCUT2D eigenvalue weighted by atomic mass is 10.3. The fourth-order valence-corrected chi connectivity index (χ4v) is 1.54. The molecule has 16 heavy (non-hydrogen) atoms. The summed E-state index contributed by atoms with van der Waals surface area (Å²) < 4.78 is 0. The molecule has 2 rings (SSSR count). The monoisotopic (exact) mass is 253 g/mol. The number of benzene rings is 1. The number of nitrogens with two attached hydrogens (primary N) is 1. The molecule has 0 unspecified atom stereocenters. The molecular formula is C11H9Cl2N3. The third-order valence-corrected chi connectivity index (χ3v) is 2.70. The van der Waals surface area contributed by atoms with Gasteiger partial charge < -0.3 is 11.1 Å². The highest BCUT2D eigenvalue weighted by molar-refractivity contribution is 6.42. The largest absolute Gasteiger partial charge is 0.384 e. The van der Waals surface area contributed by atoms with E-state index in [0.29, 0.717) is 21.7 Å². The SMILES string of the molecule is Nc1cccc(Nc2ccc(Cl)c(Cl)c2)n1. The third-order valence-electron chi connectivity index (χ3n) is 1.96. The van der Waals surface area contributed by atoms with Crippen molar-refractivity contribution in [3.63, 3.8) is 0 Å². The Balaban J connectivity index is 2.24. The Bertz CT molecular complexity index is 514. The zero-order chi connectivity index (χ0) is 11.5. The van der Waals surface area contributed by atoms with Crippen LogP contribution >= 0.6 is 23.2 Å². The molecule has 3 N–H and O–H groups in total. The van der Waals surface area contributed by atoms with Crippen LogP contribution in [0.1, 0.15) is 0 Å². The summed E-state index contributed by atoms with van der Waals surface area (Å²) >= 11 is 11.7. The number of anilines is 3. The first-order valence-electron chi connectivity index (χ1n) is 4.60. The van der Waals surface area contributed by atoms with Gasteiger partial charge in [0, 0.05) is 5.69 Å². The van der Waals surface area contributed by atoms with Crippen molar-refractivity contribution in [1.29, 1.82) is 0 Å². The van der Waals surface area contributed by atoms with Gasteiger partial charge in [-0.15, -0.1) is 0 Å². The Morgan fingerprint density at radius 3 is 2.56 bits per heavy atom. The number of rotatable bonds is 2. The second-order valence-corrected chi connectivity index (χ2v) is 4.02. The van der Waals surface area contributed by atoms with Gasteiger partial charge in [0.1, 0.15) is 11.6 Å². The van der Waals surface area contributed by atoms with E-state index in [1.54, 1.807) is 18.2 Å². The zero-order valence-electron chi connectivity index (χ0n) is 8.24. The fourth-order valence-electron chi connectivity index (χ4n) is 1.24. The summed E-state index contributed by atoms with van der Waals surface area (Å²) in [5.74, 6) is 1.13. The molecule has 1 aromatic carbocycles. The van der Waals surface area contributed by atoms with Gasteiger partial charge in [-0.1, -0.05) is 29.3 Å². The molecule has 0 bridgehead atoms. The topological polar surface area (TPSA) is 50.9 Å². The number of nitrogens with zero attached hydrogens (tertiary/aromatic N) is 1. The average Bonchev–Trinajstić information content (AvgIpc) is 2.24. The van der Waals surface area contributed by atoms with Gasteiger partial charge in [-0.3, -0.25) is 0 Å². The molecule has 0 spiro atoms. The highest BCUT2D eigenvalue weighted by atomic mass is 35.5. The summed E-state index contributed by atoms with van der Waals surface area (Å²) in [5, 5.41) is 4.10. The smallest absolute Gasteiger partial charge is 0.132 e. The van der Waals surface area contributed by atoms with Gasteiger partial charge in [0.2, 0.25) is 0 Å². The van der Waals surface area contributed by atoms with Gasteiger partial charge in [0.05, 0.1) is 10.0 Å². The molecule has 1 heterocycles. The van der Waals surface area contributed by atoms with Crippen molar-refractivity contribution in [2.45, 2.75) is 0 Å². The van der Waals surface area contributed by atoms with Crippen LogP contribution in [-0.4, -0.2) is 4.98 Å². The lowest BCUT2D eigenvalue weighted by Gasteiger charge is -2.06. The highest BCUT2D eigenvalue weighted by Gasteiger charge is 2.00. The molecule has 3 nitrogen and oxygen atoms in total. The molecule has 0 radical (unpaired) electrons. The lowest BCUT2D eigenvalue weighted by molar-refractivity contribution is 1.32. The van der Waals surface area contributed by atoms with Crippen LogP contribution in [0.4, 0.5) is 17.3 Å². The van der Waals surface area contributed by atoms with Crippen molar-refractivity contribution in [3.8, 4) is 0 Å². The normalized spacial score (nSPS) is 10.1. The van der Waals surface area contributed by atoms with Crippen LogP contribution in [0.5, 0.6) is 0 Å². The Labute approximate surface area is 103 Å². The number of nitrogen functional groups attached to an aromatic ring is 1. The maximum atomic E-state index is 5.89. The Morgan fingerprint density at radius 1 is 1.06 bits per heavy atom. The van der Waals surface area contributed by atoms with E-state index in [-0.39, 0.29) is 0 Å². The van der Waals surface area contributed by atoms with Crippen LogP contribution in [-0.2, 0) is 0 Å². The van der Waals surface area contributed by atoms with Crippen molar-refractivity contribution in [2.24, 2.45) is 0 Å². The molecular weight excluding hydrogens is 245 g/mol. The van der Waals surface area contributed by atoms with E-state index in [2.05, 4.69) is 10.3 Å². The number of aromatic nitrogens is 1. The standard InChI is InChI=1S/C11H9Cl2N3/c12-8-5-4-7(6-9(8)13)15-11-3-1-2-10(14)16-11/h1-6H,(H3,14,15,16). The fraction of sp³-hybridized carbons (Fsp3) is 0. The molecule has 0 amide bonds. The number of pyridine rings is 1. The van der Waals surface area contributed by atoms with E-state index < -0.39 is 0 Å². The van der Waals surface area contributed by atoms with Crippen molar-refractivity contribution >= 4 is 40.5 Å². The maximum absolute atomic E-state index is 5.89. The van der Waals surface area contributed by atoms with Crippen molar-refractivity contribution in [1.82, 2.24) is 4.98 Å². The second kappa shape index (κ2) is 4.60. The third kappa shape index (κ3) is 2.56. The summed E-state index contributed by atoms with van der Waals surface area (Å²) in [7, 11) is 0. The number of hydrogen-bond donors (Lipinski definition) is 2. The van der Waals surface area contributed by atoms with Crippen LogP contribution in [0, 0.1) is 0 Å². The molecule has 0 aliphatic carbocycles. The molecule has 0 aliphatic heterocycles. The minimum Gasteiger partial charge on any atom is -0.384 e. The molecule has 0 saturated heterocycles. The van der Waals surface area contributed by atoms with Crippen LogP contribution in [0.3, 0.4) is 0 Å². The van der Waals surface area contributed by atoms with Crippen LogP contribution in [0.2, 0.25) is 10.0 Å². The molecule has 5 heteroatoms. The quantitative estimate of drug-likeness (QED) is 0.858. The predicted molar refractivity (Wildman–Crippen MR) is 68.4 cm³/mol. The number of hydrogen-bond acceptors (Lipinski definition) is 3. The summed E-state index contributed by atoms with van der Waals surface area (Å²) in [6.07, 6.45) is 0. The molecule has 0 saturated carbocycles. The van der Waals surface area contributed by atoms with Gasteiger partial charge >= 0.3 is 0 Å². The van der Waals surface area contributed by atoms with Gasteiger partial charge in [-0.2, -0.15) is 0 Å². The first-order valence-corrected chi connectivity index (χ1v) is 5.35. The van der Waals surface area contributed by atoms with E-state index in [1.807, 2.05) is 18.2 Å². The van der Waals surface area contributed by atoms with Crippen LogP contribution in [0.25, 0.3) is 0 Å². The van der Waals surface area contributed by atoms with Crippen LogP contribution in [0.15, 0.2) is 36.4 Å². The average molecular weight is 254 g/mol. The van der Waals surface area contributed by atoms with Crippen molar-refractivity contribution < 1.29 is 0 Å². The summed E-state index contributed by atoms with van der Waals surface area (Å²) in [6.45, 7) is 0. The highest BCUT2D eigenvalue weighted by Crippen LogP contribution is 2.26. The van der Waals surface area contributed by atoms with E-state index >= 15 is 0 Å². The number of halogens is 2. The van der Waals surface area contributed by atoms with E-state index in [1.165, 1.54) is 0 Å². The Hall–Kier alpha value is -1.45. The molecule has 82 valence electrons. The van der Waals surface area contributed by atoms with Gasteiger partial charge in [0.15, 0.2) is 0 Å². The molecule has 0 atom stereocenters. The van der Waals surface area contributed by atoms with Crippen molar-refractivity contribution in [2.75, 3.05) is 11.1 Å². The van der Waals surface area contributed by atoms with Gasteiger partial charge in [0.25, 0.3) is 0 Å². The van der Waals surface area contributed by atoms with E-state index in [0.717, 1.165) is 5.69 Å². The zero-order valence-corrected chi connectivity index (χ0v) is 9.76. The first-order chi connectivity index (χ1) is 7.65. The summed E-state index contributed by atoms with van der Waals surface area (Å²) in [5.41, 5.74) is 6.38. The summed E-state index contributed by atoms with van der Waals surface area (Å²) in [6, 6.07) is 10.6. The molecule has 2 aromatic rings. The van der Waals surface area contributed by atoms with Gasteiger partial charge in [-0.05, 0) is 30.3 Å². The minimum absolute atomic E-state index is 0.463. The lowest BCUT2D eigenvalue weighted by Crippen LogP contribution is -1.96. The predicted octanol–water partition coefficient (Wildman–Crippen LogP) is 3.71. The molecule has 0 fully saturated rings. The number of nitrogens with one attached hydrogen (secondary N) is 1. The van der Waals surface area contributed by atoms with E-state index in [9.17, 15) is 0 Å². The first kappa shape index (κ1) is 11.0. The molecule has 1 aromatic heterocycles. The Morgan fingerprint density at radius 2 is 1.88 bits per heavy atom.